The van der Waals surface area contributed by atoms with E-state index >= 15 is 0 Å². The van der Waals surface area contributed by atoms with Crippen LogP contribution in [-0.2, 0) is 5.41 Å². The molecule has 4 heteroatoms. The van der Waals surface area contributed by atoms with Crippen LogP contribution < -0.4 is 0 Å². The zero-order valence-electron chi connectivity index (χ0n) is 36.9. The Balaban J connectivity index is 0.931. The normalized spacial score (nSPS) is 12.8. The lowest BCUT2D eigenvalue weighted by molar-refractivity contribution is 0.794. The molecule has 0 radical (unpaired) electrons. The molecule has 316 valence electrons. The van der Waals surface area contributed by atoms with Gasteiger partial charge in [-0.25, -0.2) is 15.0 Å². The van der Waals surface area contributed by atoms with Crippen LogP contribution in [0, 0.1) is 0 Å². The van der Waals surface area contributed by atoms with Crippen LogP contribution >= 0.6 is 0 Å². The van der Waals surface area contributed by atoms with Gasteiger partial charge in [0.1, 0.15) is 0 Å². The molecule has 12 aromatic rings. The number of hydrogen-bond acceptors (Lipinski definition) is 3. The average Bonchev–Trinajstić information content (AvgIpc) is 4.03. The molecule has 2 aliphatic rings. The van der Waals surface area contributed by atoms with Crippen molar-refractivity contribution in [3.63, 3.8) is 0 Å². The third-order valence-corrected chi connectivity index (χ3v) is 14.3. The van der Waals surface area contributed by atoms with Gasteiger partial charge in [0.2, 0.25) is 0 Å². The van der Waals surface area contributed by atoms with Crippen LogP contribution in [0.5, 0.6) is 0 Å². The van der Waals surface area contributed by atoms with Crippen molar-refractivity contribution in [3.05, 3.63) is 265 Å². The van der Waals surface area contributed by atoms with E-state index in [4.69, 9.17) is 15.0 Å². The maximum atomic E-state index is 5.08. The first-order valence-electron chi connectivity index (χ1n) is 23.3. The highest BCUT2D eigenvalue weighted by Crippen LogP contribution is 2.63. The van der Waals surface area contributed by atoms with Crippen molar-refractivity contribution in [2.24, 2.45) is 0 Å². The molecule has 0 saturated heterocycles. The molecule has 0 amide bonds. The molecule has 0 fully saturated rings. The third-order valence-electron chi connectivity index (χ3n) is 14.3. The Morgan fingerprint density at radius 2 is 0.662 bits per heavy atom. The summed E-state index contributed by atoms with van der Waals surface area (Å²) in [5.74, 6) is 1.93. The second-order valence-electron chi connectivity index (χ2n) is 17.9. The van der Waals surface area contributed by atoms with Crippen LogP contribution in [0.2, 0.25) is 0 Å². The zero-order chi connectivity index (χ0) is 44.8. The fourth-order valence-corrected chi connectivity index (χ4v) is 11.3. The standard InChI is InChI=1S/C64H40N4/c1-3-17-41(18-4-1)61-65-62(42-19-5-2-6-20-42)67-63(66-61)47-23-15-21-43(37-47)45-33-35-51-52-36-34-46(40-58(52)64(57(51)39-45)55-29-11-7-25-49(55)50-26-8-12-30-56(50)64)44-22-16-24-48(38-44)68-59-31-13-9-27-53(59)54-28-10-14-32-60(54)68/h1-40H. The Kier molecular flexibility index (Phi) is 8.46. The van der Waals surface area contributed by atoms with Gasteiger partial charge in [-0.2, -0.15) is 0 Å². The smallest absolute Gasteiger partial charge is 0.164 e. The third kappa shape index (κ3) is 5.71. The number of hydrogen-bond donors (Lipinski definition) is 0. The first kappa shape index (κ1) is 38.3. The maximum absolute atomic E-state index is 5.08. The van der Waals surface area contributed by atoms with Crippen molar-refractivity contribution < 1.29 is 0 Å². The SMILES string of the molecule is c1ccc(-c2nc(-c3ccccc3)nc(-c3cccc(-c4ccc5c(c4)C4(c6ccccc6-c6ccccc64)c4cc(-c6cccc(-n7c8ccccc8c8ccccc87)c6)ccc4-5)c3)n2)cc1. The lowest BCUT2D eigenvalue weighted by Gasteiger charge is -2.31. The number of para-hydroxylation sites is 2. The number of aromatic nitrogens is 4. The monoisotopic (exact) mass is 864 g/mol. The minimum Gasteiger partial charge on any atom is -0.309 e. The van der Waals surface area contributed by atoms with Gasteiger partial charge in [0.25, 0.3) is 0 Å². The summed E-state index contributed by atoms with van der Waals surface area (Å²) in [5.41, 5.74) is 20.8. The van der Waals surface area contributed by atoms with Gasteiger partial charge in [0, 0.05) is 33.2 Å². The van der Waals surface area contributed by atoms with Gasteiger partial charge in [-0.15, -0.1) is 0 Å². The summed E-state index contributed by atoms with van der Waals surface area (Å²) in [6.07, 6.45) is 0. The van der Waals surface area contributed by atoms with E-state index < -0.39 is 5.41 Å². The molecule has 2 aliphatic carbocycles. The highest BCUT2D eigenvalue weighted by atomic mass is 15.0. The summed E-state index contributed by atoms with van der Waals surface area (Å²) in [4.78, 5) is 15.1. The topological polar surface area (TPSA) is 43.6 Å². The van der Waals surface area contributed by atoms with Crippen molar-refractivity contribution in [1.29, 1.82) is 0 Å². The molecule has 0 unspecified atom stereocenters. The molecule has 0 aliphatic heterocycles. The van der Waals surface area contributed by atoms with Crippen LogP contribution in [0.15, 0.2) is 243 Å². The highest BCUT2D eigenvalue weighted by molar-refractivity contribution is 6.09. The van der Waals surface area contributed by atoms with Crippen molar-refractivity contribution in [2.45, 2.75) is 5.41 Å². The van der Waals surface area contributed by atoms with Crippen molar-refractivity contribution >= 4 is 21.8 Å². The summed E-state index contributed by atoms with van der Waals surface area (Å²) in [6.45, 7) is 0. The minimum atomic E-state index is -0.532. The molecule has 10 aromatic carbocycles. The summed E-state index contributed by atoms with van der Waals surface area (Å²) in [7, 11) is 0. The van der Waals surface area contributed by atoms with E-state index in [0.717, 1.165) is 33.5 Å². The van der Waals surface area contributed by atoms with Crippen LogP contribution in [0.1, 0.15) is 22.3 Å². The van der Waals surface area contributed by atoms with E-state index in [1.54, 1.807) is 0 Å². The number of benzene rings is 10. The second kappa shape index (κ2) is 15.0. The van der Waals surface area contributed by atoms with E-state index in [1.165, 1.54) is 77.4 Å². The van der Waals surface area contributed by atoms with Crippen LogP contribution in [-0.4, -0.2) is 19.5 Å². The fraction of sp³-hybridized carbons (Fsp3) is 0.0156. The van der Waals surface area contributed by atoms with Crippen LogP contribution in [0.25, 0.3) is 106 Å². The summed E-state index contributed by atoms with van der Waals surface area (Å²) in [5, 5.41) is 2.52. The lowest BCUT2D eigenvalue weighted by Crippen LogP contribution is -2.26. The Morgan fingerprint density at radius 3 is 1.22 bits per heavy atom. The van der Waals surface area contributed by atoms with Gasteiger partial charge in [-0.05, 0) is 109 Å². The second-order valence-corrected chi connectivity index (χ2v) is 17.9. The van der Waals surface area contributed by atoms with Crippen molar-refractivity contribution in [3.8, 4) is 84.4 Å². The molecule has 0 atom stereocenters. The van der Waals surface area contributed by atoms with Crippen LogP contribution in [0.3, 0.4) is 0 Å². The van der Waals surface area contributed by atoms with E-state index in [9.17, 15) is 0 Å². The van der Waals surface area contributed by atoms with E-state index in [1.807, 2.05) is 36.4 Å². The minimum absolute atomic E-state index is 0.532. The Morgan fingerprint density at radius 1 is 0.265 bits per heavy atom. The number of rotatable bonds is 6. The van der Waals surface area contributed by atoms with E-state index in [0.29, 0.717) is 17.5 Å². The van der Waals surface area contributed by atoms with E-state index in [2.05, 4.69) is 211 Å². The van der Waals surface area contributed by atoms with Gasteiger partial charge in [-0.1, -0.05) is 200 Å². The van der Waals surface area contributed by atoms with E-state index in [-0.39, 0.29) is 0 Å². The first-order valence-corrected chi connectivity index (χ1v) is 23.3. The Bertz CT molecular complexity index is 3820. The maximum Gasteiger partial charge on any atom is 0.164 e. The average molecular weight is 865 g/mol. The van der Waals surface area contributed by atoms with Crippen molar-refractivity contribution in [2.75, 3.05) is 0 Å². The Labute approximate surface area is 394 Å². The largest absolute Gasteiger partial charge is 0.309 e. The van der Waals surface area contributed by atoms with Gasteiger partial charge < -0.3 is 4.57 Å². The fourth-order valence-electron chi connectivity index (χ4n) is 11.3. The van der Waals surface area contributed by atoms with Crippen molar-refractivity contribution in [1.82, 2.24) is 19.5 Å². The Hall–Kier alpha value is -8.99. The lowest BCUT2D eigenvalue weighted by atomic mass is 9.70. The molecule has 2 aromatic heterocycles. The van der Waals surface area contributed by atoms with Gasteiger partial charge in [0.05, 0.1) is 16.4 Å². The molecule has 68 heavy (non-hydrogen) atoms. The molecule has 1 spiro atoms. The van der Waals surface area contributed by atoms with Gasteiger partial charge in [0.15, 0.2) is 17.5 Å². The molecular formula is C64H40N4. The quantitative estimate of drug-likeness (QED) is 0.167. The molecule has 0 bridgehead atoms. The first-order chi connectivity index (χ1) is 33.7. The summed E-state index contributed by atoms with van der Waals surface area (Å²) < 4.78 is 2.41. The molecule has 4 nitrogen and oxygen atoms in total. The zero-order valence-corrected chi connectivity index (χ0v) is 36.9. The predicted molar refractivity (Wildman–Crippen MR) is 278 cm³/mol. The van der Waals surface area contributed by atoms with Crippen LogP contribution in [0.4, 0.5) is 0 Å². The summed E-state index contributed by atoms with van der Waals surface area (Å²) >= 11 is 0. The predicted octanol–water partition coefficient (Wildman–Crippen LogP) is 15.6. The molecule has 14 rings (SSSR count). The molecular weight excluding hydrogens is 825 g/mol. The number of nitrogens with zero attached hydrogens (tertiary/aromatic N) is 4. The number of fused-ring (bicyclic) bond motifs is 13. The van der Waals surface area contributed by atoms with Gasteiger partial charge in [-0.3, -0.25) is 0 Å². The summed E-state index contributed by atoms with van der Waals surface area (Å²) in [6, 6.07) is 87.8. The molecule has 0 saturated carbocycles. The van der Waals surface area contributed by atoms with Gasteiger partial charge >= 0.3 is 0 Å². The highest BCUT2D eigenvalue weighted by Gasteiger charge is 2.51. The molecule has 2 heterocycles. The molecule has 0 N–H and O–H groups in total.